The average Bonchev–Trinajstić information content (AvgIpc) is 2.98. The van der Waals surface area contributed by atoms with Gasteiger partial charge in [0.2, 0.25) is 5.89 Å². The maximum atomic E-state index is 11.6. The number of ether oxygens (including phenoxy) is 1. The summed E-state index contributed by atoms with van der Waals surface area (Å²) in [6.07, 6.45) is 0.630. The van der Waals surface area contributed by atoms with E-state index in [2.05, 4.69) is 10.2 Å². The number of thioether (sulfide) groups is 1. The van der Waals surface area contributed by atoms with Crippen LogP contribution < -0.4 is 0 Å². The van der Waals surface area contributed by atoms with Gasteiger partial charge in [-0.1, -0.05) is 17.7 Å². The van der Waals surface area contributed by atoms with E-state index >= 15 is 0 Å². The molecule has 0 N–H and O–H groups in total. The second kappa shape index (κ2) is 5.28. The van der Waals surface area contributed by atoms with Crippen molar-refractivity contribution < 1.29 is 13.9 Å². The van der Waals surface area contributed by atoms with Gasteiger partial charge in [-0.15, -0.1) is 10.2 Å². The lowest BCUT2D eigenvalue weighted by atomic mass is 10.1. The van der Waals surface area contributed by atoms with Crippen molar-refractivity contribution in [2.24, 2.45) is 0 Å². The summed E-state index contributed by atoms with van der Waals surface area (Å²) in [6.45, 7) is 3.90. The van der Waals surface area contributed by atoms with E-state index in [0.717, 1.165) is 5.56 Å². The molecule has 1 aromatic carbocycles. The molecule has 0 spiro atoms. The molecule has 2 heterocycles. The number of rotatable bonds is 3. The number of cyclic esters (lactones) is 1. The molecule has 0 radical (unpaired) electrons. The fraction of sp³-hybridized carbons (Fsp3) is 0.357. The highest BCUT2D eigenvalue weighted by atomic mass is 32.2. The van der Waals surface area contributed by atoms with Gasteiger partial charge in [-0.25, -0.2) is 0 Å². The summed E-state index contributed by atoms with van der Waals surface area (Å²) in [7, 11) is 0. The third-order valence-electron chi connectivity index (χ3n) is 3.07. The number of hydrogen-bond donors (Lipinski definition) is 0. The van der Waals surface area contributed by atoms with Gasteiger partial charge in [-0.3, -0.25) is 4.79 Å². The van der Waals surface area contributed by atoms with E-state index in [0.29, 0.717) is 17.5 Å². The minimum absolute atomic E-state index is 0.0421. The highest BCUT2D eigenvalue weighted by molar-refractivity contribution is 8.00. The van der Waals surface area contributed by atoms with Crippen LogP contribution in [0.25, 0.3) is 11.5 Å². The molecule has 2 unspecified atom stereocenters. The first kappa shape index (κ1) is 13.2. The van der Waals surface area contributed by atoms with Crippen LogP contribution in [0.3, 0.4) is 0 Å². The molecule has 20 heavy (non-hydrogen) atoms. The quantitative estimate of drug-likeness (QED) is 0.810. The molecule has 0 amide bonds. The number of hydrogen-bond acceptors (Lipinski definition) is 6. The Hall–Kier alpha value is -1.82. The topological polar surface area (TPSA) is 65.2 Å². The summed E-state index contributed by atoms with van der Waals surface area (Å²) >= 11 is 1.27. The van der Waals surface area contributed by atoms with E-state index in [1.165, 1.54) is 17.3 Å². The van der Waals surface area contributed by atoms with Crippen molar-refractivity contribution in [3.8, 4) is 11.5 Å². The lowest BCUT2D eigenvalue weighted by molar-refractivity contribution is -0.140. The van der Waals surface area contributed by atoms with Crippen molar-refractivity contribution in [2.75, 3.05) is 0 Å². The van der Waals surface area contributed by atoms with Crippen LogP contribution in [0.15, 0.2) is 33.9 Å². The molecule has 1 fully saturated rings. The number of aryl methyl sites for hydroxylation is 1. The number of carbonyl (C=O) groups is 1. The van der Waals surface area contributed by atoms with E-state index in [1.807, 2.05) is 38.1 Å². The molecule has 0 saturated carbocycles. The molecule has 0 aliphatic carbocycles. The van der Waals surface area contributed by atoms with E-state index in [1.54, 1.807) is 0 Å². The second-order valence-electron chi connectivity index (χ2n) is 4.83. The largest absolute Gasteiger partial charge is 0.462 e. The molecule has 1 aliphatic heterocycles. The number of aromatic nitrogens is 2. The third-order valence-corrected chi connectivity index (χ3v) is 4.11. The summed E-state index contributed by atoms with van der Waals surface area (Å²) < 4.78 is 10.7. The number of esters is 1. The Morgan fingerprint density at radius 3 is 2.65 bits per heavy atom. The molecule has 2 atom stereocenters. The molecule has 1 aromatic heterocycles. The van der Waals surface area contributed by atoms with Crippen LogP contribution in [0.4, 0.5) is 0 Å². The van der Waals surface area contributed by atoms with Crippen molar-refractivity contribution in [3.63, 3.8) is 0 Å². The number of carbonyl (C=O) groups excluding carboxylic acids is 1. The zero-order valence-corrected chi connectivity index (χ0v) is 12.0. The average molecular weight is 290 g/mol. The predicted octanol–water partition coefficient (Wildman–Crippen LogP) is 2.84. The molecule has 1 saturated heterocycles. The Labute approximate surface area is 120 Å². The van der Waals surface area contributed by atoms with Crippen LogP contribution >= 0.6 is 11.8 Å². The molecule has 6 heteroatoms. The first-order valence-electron chi connectivity index (χ1n) is 6.39. The van der Waals surface area contributed by atoms with Gasteiger partial charge in [0, 0.05) is 12.0 Å². The Kier molecular flexibility index (Phi) is 3.48. The molecule has 1 aliphatic rings. The van der Waals surface area contributed by atoms with Crippen LogP contribution in [0, 0.1) is 6.92 Å². The predicted molar refractivity (Wildman–Crippen MR) is 74.3 cm³/mol. The van der Waals surface area contributed by atoms with Crippen LogP contribution in [0.5, 0.6) is 0 Å². The first-order chi connectivity index (χ1) is 9.61. The summed E-state index contributed by atoms with van der Waals surface area (Å²) in [5.74, 6) is 0.254. The van der Waals surface area contributed by atoms with Crippen molar-refractivity contribution in [3.05, 3.63) is 29.8 Å². The summed E-state index contributed by atoms with van der Waals surface area (Å²) in [5, 5.41) is 8.14. The van der Waals surface area contributed by atoms with E-state index in [9.17, 15) is 4.79 Å². The number of benzene rings is 1. The van der Waals surface area contributed by atoms with Crippen molar-refractivity contribution in [1.29, 1.82) is 0 Å². The Morgan fingerprint density at radius 2 is 2.00 bits per heavy atom. The van der Waals surface area contributed by atoms with Crippen molar-refractivity contribution >= 4 is 17.7 Å². The van der Waals surface area contributed by atoms with Gasteiger partial charge in [0.05, 0.1) is 0 Å². The van der Waals surface area contributed by atoms with Crippen LogP contribution in [-0.2, 0) is 9.53 Å². The zero-order valence-electron chi connectivity index (χ0n) is 11.2. The second-order valence-corrected chi connectivity index (χ2v) is 5.98. The fourth-order valence-electron chi connectivity index (χ4n) is 2.01. The third kappa shape index (κ3) is 2.70. The first-order valence-corrected chi connectivity index (χ1v) is 7.27. The van der Waals surface area contributed by atoms with Crippen LogP contribution in [0.2, 0.25) is 0 Å². The lowest BCUT2D eigenvalue weighted by Crippen LogP contribution is -2.09. The zero-order chi connectivity index (χ0) is 14.1. The Bertz CT molecular complexity index is 624. The molecular weight excluding hydrogens is 276 g/mol. The molecular formula is C14H14N2O3S. The Balaban J connectivity index is 1.74. The van der Waals surface area contributed by atoms with Gasteiger partial charge in [-0.05, 0) is 37.7 Å². The molecule has 2 aromatic rings. The van der Waals surface area contributed by atoms with Gasteiger partial charge >= 0.3 is 5.97 Å². The van der Waals surface area contributed by atoms with Crippen molar-refractivity contribution in [2.45, 2.75) is 36.8 Å². The minimum Gasteiger partial charge on any atom is -0.462 e. The maximum Gasteiger partial charge on any atom is 0.320 e. The lowest BCUT2D eigenvalue weighted by Gasteiger charge is -1.99. The normalized spacial score (nSPS) is 22.0. The smallest absolute Gasteiger partial charge is 0.320 e. The van der Waals surface area contributed by atoms with E-state index in [-0.39, 0.29) is 17.3 Å². The highest BCUT2D eigenvalue weighted by Crippen LogP contribution is 2.32. The summed E-state index contributed by atoms with van der Waals surface area (Å²) in [4.78, 5) is 11.6. The van der Waals surface area contributed by atoms with Gasteiger partial charge in [0.15, 0.2) is 0 Å². The van der Waals surface area contributed by atoms with Gasteiger partial charge < -0.3 is 9.15 Å². The molecule has 5 nitrogen and oxygen atoms in total. The number of nitrogens with zero attached hydrogens (tertiary/aromatic N) is 2. The van der Waals surface area contributed by atoms with E-state index < -0.39 is 0 Å². The summed E-state index contributed by atoms with van der Waals surface area (Å²) in [6, 6.07) is 7.84. The van der Waals surface area contributed by atoms with Crippen LogP contribution in [-0.4, -0.2) is 27.5 Å². The SMILES string of the molecule is Cc1ccc(-c2nnc(SC3CC(C)OC3=O)o2)cc1. The van der Waals surface area contributed by atoms with Gasteiger partial charge in [-0.2, -0.15) is 0 Å². The standard InChI is InChI=1S/C14H14N2O3S/c1-8-3-5-10(6-4-8)12-15-16-14(19-12)20-11-7-9(2)18-13(11)17/h3-6,9,11H,7H2,1-2H3. The van der Waals surface area contributed by atoms with Gasteiger partial charge in [0.25, 0.3) is 5.22 Å². The highest BCUT2D eigenvalue weighted by Gasteiger charge is 2.34. The minimum atomic E-state index is -0.253. The Morgan fingerprint density at radius 1 is 1.25 bits per heavy atom. The van der Waals surface area contributed by atoms with Gasteiger partial charge in [0.1, 0.15) is 11.4 Å². The van der Waals surface area contributed by atoms with E-state index in [4.69, 9.17) is 9.15 Å². The van der Waals surface area contributed by atoms with Crippen LogP contribution in [0.1, 0.15) is 18.9 Å². The monoisotopic (exact) mass is 290 g/mol. The molecule has 3 rings (SSSR count). The summed E-state index contributed by atoms with van der Waals surface area (Å²) in [5.41, 5.74) is 2.04. The van der Waals surface area contributed by atoms with Crippen molar-refractivity contribution in [1.82, 2.24) is 10.2 Å². The maximum absolute atomic E-state index is 11.6. The fourth-order valence-corrected chi connectivity index (χ4v) is 2.99. The molecule has 0 bridgehead atoms. The molecule has 104 valence electrons.